The number of halogens is 1. The highest BCUT2D eigenvalue weighted by molar-refractivity contribution is 6.31. The van der Waals surface area contributed by atoms with Crippen molar-refractivity contribution in [3.63, 3.8) is 0 Å². The highest BCUT2D eigenvalue weighted by Crippen LogP contribution is 2.24. The molecular formula is C56H66ClN9O10. The number of hydrogen-bond donors (Lipinski definition) is 7. The quantitative estimate of drug-likeness (QED) is 0.0143. The molecule has 1 aliphatic rings. The van der Waals surface area contributed by atoms with Gasteiger partial charge in [-0.1, -0.05) is 133 Å². The zero-order valence-corrected chi connectivity index (χ0v) is 43.1. The fourth-order valence-corrected chi connectivity index (χ4v) is 8.59. The lowest BCUT2D eigenvalue weighted by molar-refractivity contribution is -0.142. The smallest absolute Gasteiger partial charge is 0.417 e. The molecule has 0 aliphatic carbocycles. The first kappa shape index (κ1) is 57.8. The first-order valence-electron chi connectivity index (χ1n) is 25.1. The lowest BCUT2D eigenvalue weighted by Crippen LogP contribution is -2.63. The third-order valence-corrected chi connectivity index (χ3v) is 13.1. The second-order valence-corrected chi connectivity index (χ2v) is 18.6. The molecule has 1 fully saturated rings. The number of nitrogens with zero attached hydrogens (tertiary/aromatic N) is 2. The molecule has 5 aromatic rings. The van der Waals surface area contributed by atoms with Crippen molar-refractivity contribution in [1.29, 1.82) is 0 Å². The number of imide groups is 1. The summed E-state index contributed by atoms with van der Waals surface area (Å²) in [5, 5.41) is 8.93. The van der Waals surface area contributed by atoms with Crippen molar-refractivity contribution in [3.05, 3.63) is 177 Å². The van der Waals surface area contributed by atoms with Crippen LogP contribution in [-0.4, -0.2) is 114 Å². The number of carbonyl (C=O) groups is 7. The van der Waals surface area contributed by atoms with Crippen LogP contribution in [0.2, 0.25) is 5.02 Å². The average Bonchev–Trinajstić information content (AvgIpc) is 3.45. The molecule has 0 spiro atoms. The van der Waals surface area contributed by atoms with Gasteiger partial charge in [-0.25, -0.2) is 20.3 Å². The Morgan fingerprint density at radius 3 is 1.95 bits per heavy atom. The van der Waals surface area contributed by atoms with Crippen molar-refractivity contribution in [3.8, 4) is 0 Å². The molecule has 6 amide bonds. The summed E-state index contributed by atoms with van der Waals surface area (Å²) in [6.07, 6.45) is -1.71. The van der Waals surface area contributed by atoms with Gasteiger partial charge in [-0.3, -0.25) is 29.4 Å². The molecule has 76 heavy (non-hydrogen) atoms. The van der Waals surface area contributed by atoms with E-state index in [-0.39, 0.29) is 47.8 Å². The highest BCUT2D eigenvalue weighted by Gasteiger charge is 2.42. The van der Waals surface area contributed by atoms with Crippen LogP contribution in [0.4, 0.5) is 4.79 Å². The van der Waals surface area contributed by atoms with E-state index in [1.54, 1.807) is 90.7 Å². The number of ether oxygens (including phenoxy) is 3. The van der Waals surface area contributed by atoms with E-state index in [2.05, 4.69) is 21.4 Å². The fourth-order valence-electron chi connectivity index (χ4n) is 8.40. The minimum Gasteiger partial charge on any atom is -0.457 e. The predicted molar refractivity (Wildman–Crippen MR) is 285 cm³/mol. The normalized spacial score (nSPS) is 14.2. The molecule has 1 heterocycles. The topological polar surface area (TPSA) is 280 Å². The third-order valence-electron chi connectivity index (χ3n) is 12.7. The molecule has 1 aliphatic heterocycles. The van der Waals surface area contributed by atoms with E-state index in [1.807, 2.05) is 36.4 Å². The number of hydrazine groups is 1. The van der Waals surface area contributed by atoms with Gasteiger partial charge < -0.3 is 46.5 Å². The largest absolute Gasteiger partial charge is 0.457 e. The minimum atomic E-state index is -1.87. The third kappa shape index (κ3) is 16.7. The standard InChI is InChI=1S/C56H66ClN9O10/c1-37(74-34-39-17-7-3-8-18-39)49(63-50(67)46(59)23-13-14-26-58)52(69)62-47(31-38-15-5-2-6-16-38)54(71)66(56(73)76-36-43-21-11-12-22-45(43)57)48(51(68)64-60)33-41-24-25-42(55(72)75-35-40-19-9-4-10-20-40)32-44(41)53(70)65-29-27-61-28-30-65/h2-12,15-22,24-25,32,37,46-49,61H,13-14,23,26-31,33-36,58-60H2,1H3,(H,62,69)(H,63,67)(H,64,68)/t37-,46+,47+,48+,49+/m1/s1. The summed E-state index contributed by atoms with van der Waals surface area (Å²) < 4.78 is 17.6. The van der Waals surface area contributed by atoms with Gasteiger partial charge in [-0.2, -0.15) is 0 Å². The summed E-state index contributed by atoms with van der Waals surface area (Å²) in [6.45, 7) is 3.10. The maximum Gasteiger partial charge on any atom is 0.417 e. The van der Waals surface area contributed by atoms with Gasteiger partial charge in [-0.05, 0) is 66.8 Å². The molecule has 20 heteroatoms. The SMILES string of the molecule is C[C@@H](OCc1ccccc1)[C@H](NC(=O)[C@@H](N)CCCCN)C(=O)N[C@@H](Cc1ccccc1)C(=O)N(C(=O)OCc1ccccc1Cl)[C@@H](Cc1ccc(C(=O)OCc2ccccc2)cc1C(=O)N1CCNCC1)C(=O)NN. The number of piperazine rings is 1. The van der Waals surface area contributed by atoms with E-state index < -0.39 is 84.9 Å². The zero-order valence-electron chi connectivity index (χ0n) is 42.4. The number of amides is 6. The number of rotatable bonds is 25. The number of carbonyl (C=O) groups excluding carboxylic acids is 7. The monoisotopic (exact) mass is 1060 g/mol. The number of hydrogen-bond acceptors (Lipinski definition) is 14. The molecule has 0 saturated carbocycles. The van der Waals surface area contributed by atoms with Crippen LogP contribution >= 0.6 is 11.6 Å². The Labute approximate surface area is 447 Å². The van der Waals surface area contributed by atoms with E-state index in [0.29, 0.717) is 61.6 Å². The summed E-state index contributed by atoms with van der Waals surface area (Å²) in [5.74, 6) is 0.882. The minimum absolute atomic E-state index is 0.0128. The van der Waals surface area contributed by atoms with Crippen molar-refractivity contribution >= 4 is 53.2 Å². The van der Waals surface area contributed by atoms with E-state index >= 15 is 4.79 Å². The number of nitrogens with one attached hydrogen (secondary N) is 4. The lowest BCUT2D eigenvalue weighted by Gasteiger charge is -2.33. The van der Waals surface area contributed by atoms with Gasteiger partial charge in [0.05, 0.1) is 24.3 Å². The number of unbranched alkanes of at least 4 members (excludes halogenated alkanes) is 1. The molecule has 402 valence electrons. The maximum atomic E-state index is 15.6. The molecule has 0 bridgehead atoms. The molecule has 19 nitrogen and oxygen atoms in total. The van der Waals surface area contributed by atoms with Crippen molar-refractivity contribution in [2.24, 2.45) is 17.3 Å². The van der Waals surface area contributed by atoms with Gasteiger partial charge in [0.15, 0.2) is 0 Å². The van der Waals surface area contributed by atoms with E-state index in [4.69, 9.17) is 43.1 Å². The van der Waals surface area contributed by atoms with E-state index in [0.717, 1.165) is 11.1 Å². The molecule has 5 aromatic carbocycles. The molecule has 0 radical (unpaired) electrons. The number of benzene rings is 5. The van der Waals surface area contributed by atoms with Crippen LogP contribution in [-0.2, 0) is 66.1 Å². The van der Waals surface area contributed by atoms with Gasteiger partial charge in [0, 0.05) is 55.2 Å². The Morgan fingerprint density at radius 1 is 0.697 bits per heavy atom. The van der Waals surface area contributed by atoms with Crippen molar-refractivity contribution < 1.29 is 47.8 Å². The summed E-state index contributed by atoms with van der Waals surface area (Å²) in [6, 6.07) is 31.5. The van der Waals surface area contributed by atoms with Crippen molar-refractivity contribution in [2.45, 2.75) is 89.1 Å². The Bertz CT molecular complexity index is 2730. The lowest BCUT2D eigenvalue weighted by atomic mass is 9.95. The fraction of sp³-hybridized carbons (Fsp3) is 0.339. The first-order valence-corrected chi connectivity index (χ1v) is 25.5. The molecule has 0 aromatic heterocycles. The van der Waals surface area contributed by atoms with Gasteiger partial charge >= 0.3 is 12.1 Å². The van der Waals surface area contributed by atoms with Gasteiger partial charge in [0.1, 0.15) is 31.3 Å². The molecule has 1 saturated heterocycles. The van der Waals surface area contributed by atoms with Gasteiger partial charge in [0.2, 0.25) is 11.8 Å². The van der Waals surface area contributed by atoms with Crippen LogP contribution in [0.15, 0.2) is 133 Å². The van der Waals surface area contributed by atoms with E-state index in [1.165, 1.54) is 18.2 Å². The van der Waals surface area contributed by atoms with Crippen molar-refractivity contribution in [2.75, 3.05) is 32.7 Å². The van der Waals surface area contributed by atoms with Gasteiger partial charge in [0.25, 0.3) is 17.7 Å². The molecule has 0 unspecified atom stereocenters. The van der Waals surface area contributed by atoms with Gasteiger partial charge in [-0.15, -0.1) is 0 Å². The Hall–Kier alpha value is -7.52. The summed E-state index contributed by atoms with van der Waals surface area (Å²) >= 11 is 6.46. The average molecular weight is 1060 g/mol. The molecular weight excluding hydrogens is 994 g/mol. The van der Waals surface area contributed by atoms with Crippen LogP contribution in [0.3, 0.4) is 0 Å². The van der Waals surface area contributed by atoms with Crippen LogP contribution in [0.1, 0.15) is 74.7 Å². The zero-order chi connectivity index (χ0) is 54.4. The number of esters is 1. The van der Waals surface area contributed by atoms with Crippen LogP contribution < -0.4 is 38.7 Å². The van der Waals surface area contributed by atoms with Crippen LogP contribution in [0, 0.1) is 0 Å². The number of nitrogens with two attached hydrogens (primary N) is 3. The van der Waals surface area contributed by atoms with Crippen LogP contribution in [0.25, 0.3) is 0 Å². The highest BCUT2D eigenvalue weighted by atomic mass is 35.5. The molecule has 6 rings (SSSR count). The Kier molecular flexibility index (Phi) is 22.4. The summed E-state index contributed by atoms with van der Waals surface area (Å²) in [5.41, 5.74) is 16.6. The molecule has 10 N–H and O–H groups in total. The second kappa shape index (κ2) is 29.5. The maximum absolute atomic E-state index is 15.6. The predicted octanol–water partition coefficient (Wildman–Crippen LogP) is 4.08. The van der Waals surface area contributed by atoms with Crippen molar-refractivity contribution in [1.82, 2.24) is 31.2 Å². The Balaban J connectivity index is 1.41. The molecule has 5 atom stereocenters. The summed E-state index contributed by atoms with van der Waals surface area (Å²) in [7, 11) is 0. The first-order chi connectivity index (χ1) is 36.8. The Morgan fingerprint density at radius 2 is 1.32 bits per heavy atom. The van der Waals surface area contributed by atoms with E-state index in [9.17, 15) is 28.8 Å². The summed E-state index contributed by atoms with van der Waals surface area (Å²) in [4.78, 5) is 104. The van der Waals surface area contributed by atoms with Crippen LogP contribution in [0.5, 0.6) is 0 Å². The second-order valence-electron chi connectivity index (χ2n) is 18.2.